The van der Waals surface area contributed by atoms with Gasteiger partial charge in [0.25, 0.3) is 0 Å². The maximum atomic E-state index is 11.8. The normalized spacial score (nSPS) is 14.7. The van der Waals surface area contributed by atoms with Gasteiger partial charge in [-0.3, -0.25) is 9.59 Å². The summed E-state index contributed by atoms with van der Waals surface area (Å²) in [5.74, 6) is 0.882. The summed E-state index contributed by atoms with van der Waals surface area (Å²) in [5.41, 5.74) is 2.03. The molecule has 0 bridgehead atoms. The maximum absolute atomic E-state index is 11.8. The second kappa shape index (κ2) is 14.6. The van der Waals surface area contributed by atoms with Gasteiger partial charge in [0, 0.05) is 15.9 Å². The average Bonchev–Trinajstić information content (AvgIpc) is 2.81. The van der Waals surface area contributed by atoms with Crippen molar-refractivity contribution in [1.29, 1.82) is 0 Å². The molecule has 2 rings (SSSR count). The van der Waals surface area contributed by atoms with Crippen molar-refractivity contribution in [3.8, 4) is 11.5 Å². The Labute approximate surface area is 232 Å². The highest BCUT2D eigenvalue weighted by Gasteiger charge is 2.23. The van der Waals surface area contributed by atoms with Crippen LogP contribution in [0.4, 0.5) is 0 Å². The van der Waals surface area contributed by atoms with Crippen LogP contribution in [0.1, 0.15) is 65.5 Å². The summed E-state index contributed by atoms with van der Waals surface area (Å²) in [6.45, 7) is 12.2. The zero-order valence-corrected chi connectivity index (χ0v) is 24.4. The molecule has 2 aromatic carbocycles. The summed E-state index contributed by atoms with van der Waals surface area (Å²) in [6.07, 6.45) is -0.143. The standard InChI is InChI=1S/C29H40O6S2/c1-19(34-27(30)15-21(3)36)17-32-25-11-7-23(8-12-25)29(5,6)24-9-13-26(14-10-24)33-18-20(2)35-28(31)16-22(4)37/h7-14,19-22,36-37H,15-18H2,1-6H3. The molecule has 0 N–H and O–H groups in total. The van der Waals surface area contributed by atoms with Crippen LogP contribution in [0, 0.1) is 0 Å². The van der Waals surface area contributed by atoms with E-state index in [1.807, 2.05) is 76.2 Å². The van der Waals surface area contributed by atoms with Crippen molar-refractivity contribution in [3.63, 3.8) is 0 Å². The molecule has 2 aromatic rings. The fourth-order valence-electron chi connectivity index (χ4n) is 3.62. The van der Waals surface area contributed by atoms with Crippen LogP contribution in [0.25, 0.3) is 0 Å². The molecule has 0 heterocycles. The molecule has 0 amide bonds. The molecule has 0 spiro atoms. The SMILES string of the molecule is CC(S)CC(=O)OC(C)COc1ccc(C(C)(C)c2ccc(OCC(C)OC(=O)CC(C)S)cc2)cc1. The number of ether oxygens (including phenoxy) is 4. The number of esters is 2. The highest BCUT2D eigenvalue weighted by molar-refractivity contribution is 7.81. The molecule has 8 heteroatoms. The zero-order chi connectivity index (χ0) is 27.6. The largest absolute Gasteiger partial charge is 0.490 e. The molecule has 4 unspecified atom stereocenters. The van der Waals surface area contributed by atoms with Crippen LogP contribution >= 0.6 is 25.3 Å². The molecule has 0 aromatic heterocycles. The summed E-state index contributed by atoms with van der Waals surface area (Å²) in [5, 5.41) is -0.0692. The van der Waals surface area contributed by atoms with Gasteiger partial charge >= 0.3 is 11.9 Å². The van der Waals surface area contributed by atoms with Crippen molar-refractivity contribution in [1.82, 2.24) is 0 Å². The second-order valence-corrected chi connectivity index (χ2v) is 11.8. The van der Waals surface area contributed by atoms with E-state index in [-0.39, 0.29) is 66.1 Å². The first-order chi connectivity index (χ1) is 17.4. The molecule has 0 aliphatic rings. The number of hydrogen-bond donors (Lipinski definition) is 2. The molecule has 4 atom stereocenters. The highest BCUT2D eigenvalue weighted by atomic mass is 32.1. The topological polar surface area (TPSA) is 71.1 Å². The Morgan fingerprint density at radius 2 is 1.00 bits per heavy atom. The number of carbonyl (C=O) groups excluding carboxylic acids is 2. The van der Waals surface area contributed by atoms with Crippen molar-refractivity contribution in [2.45, 2.75) is 82.5 Å². The lowest BCUT2D eigenvalue weighted by atomic mass is 9.78. The van der Waals surface area contributed by atoms with E-state index in [4.69, 9.17) is 18.9 Å². The number of rotatable bonds is 14. The summed E-state index contributed by atoms with van der Waals surface area (Å²) in [6, 6.07) is 15.9. The lowest BCUT2D eigenvalue weighted by molar-refractivity contribution is -0.150. The number of carbonyl (C=O) groups is 2. The number of hydrogen-bond acceptors (Lipinski definition) is 8. The van der Waals surface area contributed by atoms with Crippen molar-refractivity contribution in [3.05, 3.63) is 59.7 Å². The Hall–Kier alpha value is -2.32. The molecule has 37 heavy (non-hydrogen) atoms. The van der Waals surface area contributed by atoms with Crippen molar-refractivity contribution < 1.29 is 28.5 Å². The van der Waals surface area contributed by atoms with Gasteiger partial charge in [-0.25, -0.2) is 0 Å². The molecule has 0 saturated carbocycles. The van der Waals surface area contributed by atoms with Gasteiger partial charge in [0.1, 0.15) is 36.9 Å². The lowest BCUT2D eigenvalue weighted by Gasteiger charge is -2.26. The van der Waals surface area contributed by atoms with E-state index in [1.54, 1.807) is 0 Å². The van der Waals surface area contributed by atoms with Crippen LogP contribution in [0.15, 0.2) is 48.5 Å². The third-order valence-corrected chi connectivity index (χ3v) is 6.08. The average molecular weight is 549 g/mol. The molecule has 0 radical (unpaired) electrons. The Balaban J connectivity index is 1.89. The van der Waals surface area contributed by atoms with Gasteiger partial charge in [0.15, 0.2) is 0 Å². The maximum Gasteiger partial charge on any atom is 0.307 e. The van der Waals surface area contributed by atoms with E-state index < -0.39 is 0 Å². The van der Waals surface area contributed by atoms with E-state index in [1.165, 1.54) is 0 Å². The Kier molecular flexibility index (Phi) is 12.2. The van der Waals surface area contributed by atoms with Gasteiger partial charge in [-0.1, -0.05) is 52.0 Å². The van der Waals surface area contributed by atoms with E-state index in [0.717, 1.165) is 11.1 Å². The van der Waals surface area contributed by atoms with Gasteiger partial charge in [-0.2, -0.15) is 25.3 Å². The molecule has 204 valence electrons. The summed E-state index contributed by atoms with van der Waals surface area (Å²) >= 11 is 8.43. The smallest absolute Gasteiger partial charge is 0.307 e. The van der Waals surface area contributed by atoms with E-state index in [2.05, 4.69) is 39.1 Å². The van der Waals surface area contributed by atoms with E-state index >= 15 is 0 Å². The Morgan fingerprint density at radius 1 is 0.676 bits per heavy atom. The zero-order valence-electron chi connectivity index (χ0n) is 22.6. The Morgan fingerprint density at radius 3 is 1.30 bits per heavy atom. The van der Waals surface area contributed by atoms with Gasteiger partial charge in [0.2, 0.25) is 0 Å². The summed E-state index contributed by atoms with van der Waals surface area (Å²) < 4.78 is 22.3. The second-order valence-electron chi connectivity index (χ2n) is 10.0. The van der Waals surface area contributed by atoms with Crippen LogP contribution in [-0.2, 0) is 24.5 Å². The number of thiol groups is 2. The predicted molar refractivity (Wildman–Crippen MR) is 153 cm³/mol. The van der Waals surface area contributed by atoms with Crippen LogP contribution in [0.2, 0.25) is 0 Å². The van der Waals surface area contributed by atoms with Crippen LogP contribution in [0.3, 0.4) is 0 Å². The predicted octanol–water partition coefficient (Wildman–Crippen LogP) is 6.05. The van der Waals surface area contributed by atoms with Crippen molar-refractivity contribution in [2.24, 2.45) is 0 Å². The Bertz CT molecular complexity index is 907. The van der Waals surface area contributed by atoms with Crippen LogP contribution < -0.4 is 9.47 Å². The minimum Gasteiger partial charge on any atom is -0.490 e. The van der Waals surface area contributed by atoms with E-state index in [0.29, 0.717) is 11.5 Å². The fraction of sp³-hybridized carbons (Fsp3) is 0.517. The summed E-state index contributed by atoms with van der Waals surface area (Å²) in [7, 11) is 0. The quantitative estimate of drug-likeness (QED) is 0.221. The third kappa shape index (κ3) is 10.9. The van der Waals surface area contributed by atoms with Gasteiger partial charge in [-0.05, 0) is 49.2 Å². The summed E-state index contributed by atoms with van der Waals surface area (Å²) in [4.78, 5) is 23.5. The minimum absolute atomic E-state index is 0.0346. The van der Waals surface area contributed by atoms with Crippen LogP contribution in [0.5, 0.6) is 11.5 Å². The molecule has 0 saturated heterocycles. The highest BCUT2D eigenvalue weighted by Crippen LogP contribution is 2.33. The fourth-order valence-corrected chi connectivity index (χ4v) is 3.92. The molecule has 0 fully saturated rings. The van der Waals surface area contributed by atoms with Crippen LogP contribution in [-0.4, -0.2) is 47.9 Å². The minimum atomic E-state index is -0.344. The molecule has 6 nitrogen and oxygen atoms in total. The molecular weight excluding hydrogens is 508 g/mol. The van der Waals surface area contributed by atoms with Gasteiger partial charge in [0.05, 0.1) is 12.8 Å². The van der Waals surface area contributed by atoms with Crippen molar-refractivity contribution in [2.75, 3.05) is 13.2 Å². The first-order valence-corrected chi connectivity index (χ1v) is 13.6. The molecule has 0 aliphatic carbocycles. The molecule has 0 aliphatic heterocycles. The van der Waals surface area contributed by atoms with Gasteiger partial charge in [-0.15, -0.1) is 0 Å². The monoisotopic (exact) mass is 548 g/mol. The first-order valence-electron chi connectivity index (χ1n) is 12.6. The lowest BCUT2D eigenvalue weighted by Crippen LogP contribution is -2.23. The van der Waals surface area contributed by atoms with Crippen molar-refractivity contribution >= 4 is 37.2 Å². The third-order valence-electron chi connectivity index (χ3n) is 5.71. The molecular formula is C29H40O6S2. The van der Waals surface area contributed by atoms with Gasteiger partial charge < -0.3 is 18.9 Å². The van der Waals surface area contributed by atoms with E-state index in [9.17, 15) is 9.59 Å². The number of benzene rings is 2. The first kappa shape index (κ1) is 30.9.